The molecule has 228 valence electrons. The fourth-order valence-corrected chi connectivity index (χ4v) is 5.22. The molecule has 2 aliphatic heterocycles. The zero-order valence-electron chi connectivity index (χ0n) is 21.3. The van der Waals surface area contributed by atoms with Crippen molar-refractivity contribution >= 4 is 25.6 Å². The average molecular weight is 580 g/mol. The van der Waals surface area contributed by atoms with Gasteiger partial charge in [0.05, 0.1) is 30.8 Å². The number of nitrogens with two attached hydrogens (primary N) is 1. The van der Waals surface area contributed by atoms with E-state index in [2.05, 4.69) is 21.3 Å². The fourth-order valence-electron chi connectivity index (χ4n) is 5.22. The third kappa shape index (κ3) is 7.21. The zero-order valence-corrected chi connectivity index (χ0v) is 21.3. The highest BCUT2D eigenvalue weighted by molar-refractivity contribution is 5.48. The first-order valence-electron chi connectivity index (χ1n) is 12.7. The van der Waals surface area contributed by atoms with Crippen molar-refractivity contribution in [1.82, 2.24) is 21.3 Å². The maximum atomic E-state index is 11.3. The van der Waals surface area contributed by atoms with E-state index in [1.807, 2.05) is 0 Å². The lowest BCUT2D eigenvalue weighted by atomic mass is 9.83. The van der Waals surface area contributed by atoms with Crippen molar-refractivity contribution in [2.75, 3.05) is 13.2 Å². The molecule has 2 heterocycles. The van der Waals surface area contributed by atoms with Crippen LogP contribution in [0.3, 0.4) is 0 Å². The van der Waals surface area contributed by atoms with Gasteiger partial charge >= 0.3 is 0 Å². The molecule has 18 nitrogen and oxygen atoms in total. The van der Waals surface area contributed by atoms with E-state index < -0.39 is 92.2 Å². The molecule has 3 aliphatic rings. The SMILES string of the molecule is N[C@H]1C[C@@H](NC=O)[C@H](O[C@H]2O[C@H](CO)[C@@H](O)[C@H](NC=O)[C@H]2O)[C@@H](O)[C@@H]1O[C@H]1O[C@H](CNC=O)[C@@H](O)C[C@H]1NC=O. The van der Waals surface area contributed by atoms with Gasteiger partial charge in [0.25, 0.3) is 0 Å². The molecule has 0 aromatic carbocycles. The van der Waals surface area contributed by atoms with E-state index in [0.29, 0.717) is 19.2 Å². The molecule has 0 aromatic heterocycles. The molecule has 1 saturated carbocycles. The van der Waals surface area contributed by atoms with Gasteiger partial charge in [-0.05, 0) is 6.42 Å². The summed E-state index contributed by atoms with van der Waals surface area (Å²) >= 11 is 0. The van der Waals surface area contributed by atoms with Crippen molar-refractivity contribution in [2.24, 2.45) is 5.73 Å². The van der Waals surface area contributed by atoms with Crippen LogP contribution in [-0.2, 0) is 38.1 Å². The second-order valence-corrected chi connectivity index (χ2v) is 9.76. The lowest BCUT2D eigenvalue weighted by Gasteiger charge is -2.48. The Morgan fingerprint density at radius 1 is 0.750 bits per heavy atom. The van der Waals surface area contributed by atoms with Crippen LogP contribution >= 0.6 is 0 Å². The first-order valence-corrected chi connectivity index (χ1v) is 12.7. The molecule has 18 heteroatoms. The summed E-state index contributed by atoms with van der Waals surface area (Å²) in [6.45, 7) is -0.764. The third-order valence-corrected chi connectivity index (χ3v) is 7.27. The number of amides is 4. The van der Waals surface area contributed by atoms with E-state index in [4.69, 9.17) is 24.7 Å². The van der Waals surface area contributed by atoms with Gasteiger partial charge in [0.1, 0.15) is 42.7 Å². The summed E-state index contributed by atoms with van der Waals surface area (Å²) in [5, 5.41) is 61.9. The number of ether oxygens (including phenoxy) is 4. The summed E-state index contributed by atoms with van der Waals surface area (Å²) in [6, 6.07) is -4.00. The van der Waals surface area contributed by atoms with E-state index in [0.717, 1.165) is 0 Å². The fraction of sp³-hybridized carbons (Fsp3) is 0.818. The quantitative estimate of drug-likeness (QED) is 0.0856. The Morgan fingerprint density at radius 3 is 2.00 bits per heavy atom. The van der Waals surface area contributed by atoms with Crippen LogP contribution in [-0.4, -0.2) is 150 Å². The number of nitrogens with one attached hydrogen (secondary N) is 4. The molecule has 40 heavy (non-hydrogen) atoms. The highest BCUT2D eigenvalue weighted by atomic mass is 16.7. The van der Waals surface area contributed by atoms with Gasteiger partial charge in [0.15, 0.2) is 12.6 Å². The highest BCUT2D eigenvalue weighted by Crippen LogP contribution is 2.32. The predicted octanol–water partition coefficient (Wildman–Crippen LogP) is -7.15. The Hall–Kier alpha value is -2.52. The standard InChI is InChI=1S/C22H37N5O13/c23-9-1-10(25-6-30)20(40-22-17(35)15(27-8-32)16(34)14(4-28)38-22)18(36)19(9)39-21-11(26-7-31)2-12(33)13(37-21)3-24-5-29/h5-22,28,33-36H,1-4,23H2,(H,24,29)(H,25,30)(H,26,31)(H,27,32)/t9-,10+,11+,12-,13+,14+,15-,16+,17+,18-,19+,20-,21+,22+/m0/s1. The largest absolute Gasteiger partial charge is 0.394 e. The summed E-state index contributed by atoms with van der Waals surface area (Å²) in [5.41, 5.74) is 6.27. The third-order valence-electron chi connectivity index (χ3n) is 7.27. The second-order valence-electron chi connectivity index (χ2n) is 9.76. The maximum Gasteiger partial charge on any atom is 0.207 e. The van der Waals surface area contributed by atoms with Crippen molar-refractivity contribution < 1.29 is 63.7 Å². The van der Waals surface area contributed by atoms with Gasteiger partial charge in [-0.2, -0.15) is 0 Å². The van der Waals surface area contributed by atoms with Crippen molar-refractivity contribution in [3.8, 4) is 0 Å². The molecular weight excluding hydrogens is 542 g/mol. The Balaban J connectivity index is 1.82. The second kappa shape index (κ2) is 14.9. The number of hydrogen-bond acceptors (Lipinski definition) is 14. The summed E-state index contributed by atoms with van der Waals surface area (Å²) in [5.74, 6) is 0. The molecule has 0 aromatic rings. The topological polar surface area (TPSA) is 280 Å². The number of carbonyl (C=O) groups is 4. The van der Waals surface area contributed by atoms with Crippen LogP contribution in [0.1, 0.15) is 12.8 Å². The normalized spacial score (nSPS) is 43.6. The molecule has 1 aliphatic carbocycles. The van der Waals surface area contributed by atoms with Crippen LogP contribution in [0.2, 0.25) is 0 Å². The molecule has 0 unspecified atom stereocenters. The lowest BCUT2D eigenvalue weighted by molar-refractivity contribution is -0.317. The van der Waals surface area contributed by atoms with Gasteiger partial charge in [0, 0.05) is 19.0 Å². The van der Waals surface area contributed by atoms with E-state index in [9.17, 15) is 44.7 Å². The van der Waals surface area contributed by atoms with Crippen LogP contribution in [0.15, 0.2) is 0 Å². The van der Waals surface area contributed by atoms with E-state index in [1.54, 1.807) is 0 Å². The molecule has 2 saturated heterocycles. The van der Waals surface area contributed by atoms with Gasteiger partial charge in [-0.3, -0.25) is 19.2 Å². The van der Waals surface area contributed by atoms with Gasteiger partial charge in [-0.1, -0.05) is 0 Å². The number of rotatable bonds is 14. The molecule has 11 N–H and O–H groups in total. The van der Waals surface area contributed by atoms with Gasteiger partial charge in [0.2, 0.25) is 25.6 Å². The Labute approximate surface area is 228 Å². The van der Waals surface area contributed by atoms with E-state index in [-0.39, 0.29) is 25.8 Å². The summed E-state index contributed by atoms with van der Waals surface area (Å²) in [6.07, 6.45) is -12.0. The molecule has 4 amide bonds. The first-order chi connectivity index (χ1) is 19.2. The number of hydrogen-bond donors (Lipinski definition) is 10. The Kier molecular flexibility index (Phi) is 11.9. The molecule has 3 rings (SSSR count). The van der Waals surface area contributed by atoms with Crippen LogP contribution < -0.4 is 27.0 Å². The van der Waals surface area contributed by atoms with Gasteiger partial charge in [-0.25, -0.2) is 0 Å². The highest BCUT2D eigenvalue weighted by Gasteiger charge is 2.51. The minimum absolute atomic E-state index is 0.00668. The Bertz CT molecular complexity index is 845. The minimum atomic E-state index is -1.66. The van der Waals surface area contributed by atoms with E-state index >= 15 is 0 Å². The Morgan fingerprint density at radius 2 is 1.38 bits per heavy atom. The summed E-state index contributed by atoms with van der Waals surface area (Å²) < 4.78 is 23.1. The molecule has 14 atom stereocenters. The monoisotopic (exact) mass is 579 g/mol. The van der Waals surface area contributed by atoms with Crippen LogP contribution in [0.5, 0.6) is 0 Å². The molecule has 3 fully saturated rings. The van der Waals surface area contributed by atoms with Crippen LogP contribution in [0.4, 0.5) is 0 Å². The average Bonchev–Trinajstić information content (AvgIpc) is 2.92. The first kappa shape index (κ1) is 32.0. The van der Waals surface area contributed by atoms with Crippen molar-refractivity contribution in [3.63, 3.8) is 0 Å². The van der Waals surface area contributed by atoms with Gasteiger partial charge in [-0.15, -0.1) is 0 Å². The molecule has 0 radical (unpaired) electrons. The summed E-state index contributed by atoms with van der Waals surface area (Å²) in [4.78, 5) is 44.2. The zero-order chi connectivity index (χ0) is 29.4. The maximum absolute atomic E-state index is 11.3. The lowest BCUT2D eigenvalue weighted by Crippen LogP contribution is -2.69. The number of aliphatic hydroxyl groups excluding tert-OH is 5. The van der Waals surface area contributed by atoms with E-state index in [1.165, 1.54) is 0 Å². The van der Waals surface area contributed by atoms with Crippen molar-refractivity contribution in [1.29, 1.82) is 0 Å². The number of aliphatic hydroxyl groups is 5. The van der Waals surface area contributed by atoms with Crippen LogP contribution in [0, 0.1) is 0 Å². The van der Waals surface area contributed by atoms with Crippen LogP contribution in [0.25, 0.3) is 0 Å². The van der Waals surface area contributed by atoms with Crippen molar-refractivity contribution in [2.45, 2.75) is 98.4 Å². The van der Waals surface area contributed by atoms with Gasteiger partial charge < -0.3 is 71.5 Å². The number of carbonyl (C=O) groups excluding carboxylic acids is 4. The molecule has 0 bridgehead atoms. The van der Waals surface area contributed by atoms with Crippen molar-refractivity contribution in [3.05, 3.63) is 0 Å². The molecule has 0 spiro atoms. The smallest absolute Gasteiger partial charge is 0.207 e. The molecular formula is C22H37N5O13. The summed E-state index contributed by atoms with van der Waals surface area (Å²) in [7, 11) is 0. The minimum Gasteiger partial charge on any atom is -0.394 e. The predicted molar refractivity (Wildman–Crippen MR) is 128 cm³/mol.